The Balaban J connectivity index is 1.02. The molecule has 54 heavy (non-hydrogen) atoms. The molecule has 0 bridgehead atoms. The molecule has 1 N–H and O–H groups in total. The van der Waals surface area contributed by atoms with Gasteiger partial charge < -0.3 is 24.4 Å². The van der Waals surface area contributed by atoms with Crippen LogP contribution >= 0.6 is 0 Å². The summed E-state index contributed by atoms with van der Waals surface area (Å²) in [7, 11) is 0. The molecule has 0 spiro atoms. The molecule has 2 saturated carbocycles. The van der Waals surface area contributed by atoms with E-state index in [-0.39, 0.29) is 50.8 Å². The Kier molecular flexibility index (Phi) is 9.26. The number of piperidine rings is 1. The summed E-state index contributed by atoms with van der Waals surface area (Å²) < 4.78 is 44.3. The minimum absolute atomic E-state index is 0.0285. The third-order valence-corrected chi connectivity index (χ3v) is 12.5. The van der Waals surface area contributed by atoms with Crippen molar-refractivity contribution < 1.29 is 28.2 Å². The van der Waals surface area contributed by atoms with Gasteiger partial charge in [0.05, 0.1) is 24.2 Å². The average Bonchev–Trinajstić information content (AvgIpc) is 3.97. The number of phenols is 1. The van der Waals surface area contributed by atoms with Gasteiger partial charge in [-0.15, -0.1) is 6.42 Å². The van der Waals surface area contributed by atoms with Crippen LogP contribution < -0.4 is 9.64 Å². The number of aromatic nitrogens is 3. The smallest absolute Gasteiger partial charge is 0.319 e. The number of fused-ring (bicyclic) bond motifs is 3. The molecule has 2 aromatic carbocycles. The number of pyridine rings is 1. The monoisotopic (exact) mass is 736 g/mol. The summed E-state index contributed by atoms with van der Waals surface area (Å²) in [6.45, 7) is 6.64. The number of halogens is 2. The van der Waals surface area contributed by atoms with Gasteiger partial charge in [-0.05, 0) is 94.0 Å². The van der Waals surface area contributed by atoms with E-state index in [1.54, 1.807) is 0 Å². The van der Waals surface area contributed by atoms with Crippen LogP contribution in [0.25, 0.3) is 32.9 Å². The van der Waals surface area contributed by atoms with Crippen molar-refractivity contribution in [2.24, 2.45) is 17.3 Å². The fraction of sp³-hybridized carbons (Fsp3) is 0.524. The van der Waals surface area contributed by atoms with Gasteiger partial charge in [0, 0.05) is 67.3 Å². The molecule has 9 rings (SSSR count). The van der Waals surface area contributed by atoms with Gasteiger partial charge in [0.25, 0.3) is 0 Å². The lowest BCUT2D eigenvalue weighted by Gasteiger charge is -2.47. The molecule has 2 aromatic heterocycles. The number of nitrogens with zero attached hydrogens (tertiary/aromatic N) is 6. The molecule has 12 heteroatoms. The maximum absolute atomic E-state index is 17.0. The summed E-state index contributed by atoms with van der Waals surface area (Å²) in [6, 6.07) is 6.04. The molecule has 0 radical (unpaired) electrons. The van der Waals surface area contributed by atoms with Crippen molar-refractivity contribution in [1.82, 2.24) is 24.8 Å². The SMILES string of the molecule is C#Cc1c(F)ccc2cc(O)cc(-c3ncc4c(N5CCCOCC5)nc(OCC56CCCC5N(CCC5CN(C(=O)C7CC7)C5)CCC6)nc4c3F)c12. The van der Waals surface area contributed by atoms with Gasteiger partial charge in [-0.3, -0.25) is 14.7 Å². The molecule has 10 nitrogen and oxygen atoms in total. The summed E-state index contributed by atoms with van der Waals surface area (Å²) >= 11 is 0. The first kappa shape index (κ1) is 35.1. The average molecular weight is 737 g/mol. The van der Waals surface area contributed by atoms with E-state index in [1.165, 1.54) is 30.5 Å². The van der Waals surface area contributed by atoms with Crippen LogP contribution in [0.2, 0.25) is 0 Å². The highest BCUT2D eigenvalue weighted by Crippen LogP contribution is 2.48. The number of ether oxygens (including phenoxy) is 2. The molecule has 282 valence electrons. The number of anilines is 1. The van der Waals surface area contributed by atoms with Crippen molar-refractivity contribution in [3.63, 3.8) is 0 Å². The van der Waals surface area contributed by atoms with Crippen LogP contribution in [0.4, 0.5) is 14.6 Å². The second-order valence-electron chi connectivity index (χ2n) is 16.0. The number of carbonyl (C=O) groups excluding carboxylic acids is 1. The predicted octanol–water partition coefficient (Wildman–Crippen LogP) is 6.31. The highest BCUT2D eigenvalue weighted by molar-refractivity contribution is 6.03. The molecule has 5 aliphatic rings. The van der Waals surface area contributed by atoms with E-state index in [0.29, 0.717) is 67.4 Å². The zero-order valence-corrected chi connectivity index (χ0v) is 30.5. The molecule has 2 unspecified atom stereocenters. The number of amides is 1. The van der Waals surface area contributed by atoms with Gasteiger partial charge in [-0.25, -0.2) is 8.78 Å². The standard InChI is InChI=1S/C42H46F2N6O4/c1-2-30-33(43)10-9-28-20-29(51)21-31(35(28)30)37-36(44)38-32(22-45-37)39(49-15-5-18-53-19-17-49)47-41(46-38)54-25-42-12-3-6-34(42)48(14-4-13-42)16-11-26-23-50(24-26)40(52)27-7-8-27/h1,9-10,20-22,26-27,34,51H,3-8,11-19,23-25H2. The van der Waals surface area contributed by atoms with Gasteiger partial charge in [0.1, 0.15) is 28.6 Å². The second kappa shape index (κ2) is 14.2. The first-order valence-electron chi connectivity index (χ1n) is 19.6. The summed E-state index contributed by atoms with van der Waals surface area (Å²) in [5.41, 5.74) is -0.00324. The van der Waals surface area contributed by atoms with Crippen molar-refractivity contribution in [3.8, 4) is 35.4 Å². The number of hydrogen-bond acceptors (Lipinski definition) is 9. The number of likely N-dealkylation sites (tertiary alicyclic amines) is 2. The summed E-state index contributed by atoms with van der Waals surface area (Å²) in [4.78, 5) is 33.4. The van der Waals surface area contributed by atoms with Crippen LogP contribution in [0.5, 0.6) is 11.8 Å². The first-order valence-corrected chi connectivity index (χ1v) is 19.6. The Morgan fingerprint density at radius 3 is 2.74 bits per heavy atom. The number of carbonyl (C=O) groups is 1. The molecule has 5 fully saturated rings. The van der Waals surface area contributed by atoms with Crippen LogP contribution in [0.3, 0.4) is 0 Å². The predicted molar refractivity (Wildman–Crippen MR) is 201 cm³/mol. The molecule has 1 amide bonds. The molecule has 5 heterocycles. The fourth-order valence-corrected chi connectivity index (χ4v) is 9.58. The normalized spacial score (nSPS) is 23.6. The largest absolute Gasteiger partial charge is 0.508 e. The van der Waals surface area contributed by atoms with Crippen LogP contribution in [0.15, 0.2) is 30.5 Å². The zero-order valence-electron chi connectivity index (χ0n) is 30.5. The Morgan fingerprint density at radius 1 is 1.06 bits per heavy atom. The summed E-state index contributed by atoms with van der Waals surface area (Å²) in [5.74, 6) is 2.65. The minimum Gasteiger partial charge on any atom is -0.508 e. The van der Waals surface area contributed by atoms with Crippen LogP contribution in [-0.4, -0.2) is 101 Å². The summed E-state index contributed by atoms with van der Waals surface area (Å²) in [6.07, 6.45) is 16.7. The van der Waals surface area contributed by atoms with Crippen LogP contribution in [0.1, 0.15) is 63.4 Å². The fourth-order valence-electron chi connectivity index (χ4n) is 9.58. The van der Waals surface area contributed by atoms with Crippen molar-refractivity contribution in [1.29, 1.82) is 0 Å². The lowest BCUT2D eigenvalue weighted by molar-refractivity contribution is -0.139. The topological polar surface area (TPSA) is 104 Å². The third kappa shape index (κ3) is 6.39. The zero-order chi connectivity index (χ0) is 37.0. The Labute approximate surface area is 313 Å². The van der Waals surface area contributed by atoms with E-state index in [4.69, 9.17) is 25.9 Å². The first-order chi connectivity index (χ1) is 26.3. The summed E-state index contributed by atoms with van der Waals surface area (Å²) in [5, 5.41) is 11.8. The number of hydrogen-bond donors (Lipinski definition) is 1. The lowest BCUT2D eigenvalue weighted by Crippen LogP contribution is -2.54. The Hall–Kier alpha value is -4.60. The van der Waals surface area contributed by atoms with E-state index in [1.807, 2.05) is 4.90 Å². The van der Waals surface area contributed by atoms with Gasteiger partial charge in [0.15, 0.2) is 5.82 Å². The van der Waals surface area contributed by atoms with Gasteiger partial charge in [0.2, 0.25) is 5.91 Å². The van der Waals surface area contributed by atoms with Crippen LogP contribution in [-0.2, 0) is 9.53 Å². The van der Waals surface area contributed by atoms with E-state index in [0.717, 1.165) is 84.0 Å². The van der Waals surface area contributed by atoms with E-state index in [9.17, 15) is 14.3 Å². The molecule has 2 aliphatic carbocycles. The Bertz CT molecular complexity index is 2140. The van der Waals surface area contributed by atoms with Crippen LogP contribution in [0, 0.1) is 41.2 Å². The highest BCUT2D eigenvalue weighted by Gasteiger charge is 2.49. The van der Waals surface area contributed by atoms with E-state index >= 15 is 4.39 Å². The van der Waals surface area contributed by atoms with E-state index in [2.05, 4.69) is 20.7 Å². The van der Waals surface area contributed by atoms with Crippen molar-refractivity contribution in [3.05, 3.63) is 47.7 Å². The van der Waals surface area contributed by atoms with Crippen molar-refractivity contribution >= 4 is 33.4 Å². The van der Waals surface area contributed by atoms with Crippen molar-refractivity contribution in [2.45, 2.75) is 63.8 Å². The van der Waals surface area contributed by atoms with Crippen molar-refractivity contribution in [2.75, 3.05) is 64.0 Å². The molecule has 3 aliphatic heterocycles. The molecular weight excluding hydrogens is 690 g/mol. The maximum atomic E-state index is 17.0. The highest BCUT2D eigenvalue weighted by atomic mass is 19.1. The maximum Gasteiger partial charge on any atom is 0.319 e. The quantitative estimate of drug-likeness (QED) is 0.198. The van der Waals surface area contributed by atoms with Gasteiger partial charge in [-0.1, -0.05) is 18.4 Å². The number of rotatable bonds is 9. The number of terminal acetylenes is 1. The third-order valence-electron chi connectivity index (χ3n) is 12.5. The molecule has 3 saturated heterocycles. The van der Waals surface area contributed by atoms with E-state index < -0.39 is 11.6 Å². The Morgan fingerprint density at radius 2 is 1.91 bits per heavy atom. The molecule has 2 atom stereocenters. The second-order valence-corrected chi connectivity index (χ2v) is 16.0. The van der Waals surface area contributed by atoms with Gasteiger partial charge >= 0.3 is 6.01 Å². The molecule has 4 aromatic rings. The number of phenolic OH excluding ortho intramolecular Hbond substituents is 1. The lowest BCUT2D eigenvalue weighted by atomic mass is 9.75. The minimum atomic E-state index is -0.736. The van der Waals surface area contributed by atoms with Gasteiger partial charge in [-0.2, -0.15) is 9.97 Å². The number of benzene rings is 2. The number of aromatic hydroxyl groups is 1. The molecular formula is C42H46F2N6O4.